The largest absolute Gasteiger partial charge is 0.319 e. The van der Waals surface area contributed by atoms with Gasteiger partial charge in [-0.05, 0) is 56.1 Å². The van der Waals surface area contributed by atoms with E-state index in [2.05, 4.69) is 47.4 Å². The molecule has 7 heteroatoms. The van der Waals surface area contributed by atoms with Gasteiger partial charge >= 0.3 is 0 Å². The molecule has 1 N–H and O–H groups in total. The summed E-state index contributed by atoms with van der Waals surface area (Å²) in [6.45, 7) is 0. The molecule has 2 rings (SSSR count). The molecule has 0 fully saturated rings. The maximum absolute atomic E-state index is 11.9. The molecule has 0 spiro atoms. The number of para-hydroxylation sites is 1. The molecule has 92 valence electrons. The second-order valence-corrected chi connectivity index (χ2v) is 5.39. The molecule has 0 unspecified atom stereocenters. The molecule has 1 heterocycles. The summed E-state index contributed by atoms with van der Waals surface area (Å²) in [5.41, 5.74) is 0.835. The average Bonchev–Trinajstić information content (AvgIpc) is 2.34. The molecule has 0 aliphatic heterocycles. The predicted octanol–water partition coefficient (Wildman–Crippen LogP) is 3.91. The van der Waals surface area contributed by atoms with Crippen LogP contribution >= 0.6 is 43.5 Å². The monoisotopic (exact) mass is 389 g/mol. The molecule has 18 heavy (non-hydrogen) atoms. The first kappa shape index (κ1) is 13.5. The van der Waals surface area contributed by atoms with Gasteiger partial charge in [-0.2, -0.15) is 0 Å². The van der Waals surface area contributed by atoms with Crippen molar-refractivity contribution in [3.05, 3.63) is 50.1 Å². The lowest BCUT2D eigenvalue weighted by Gasteiger charge is -2.08. The maximum Gasteiger partial charge on any atom is 0.276 e. The molecule has 0 saturated carbocycles. The zero-order valence-corrected chi connectivity index (χ0v) is 12.8. The van der Waals surface area contributed by atoms with Crippen molar-refractivity contribution < 1.29 is 4.79 Å². The fraction of sp³-hybridized carbons (Fsp3) is 0. The van der Waals surface area contributed by atoms with Crippen LogP contribution < -0.4 is 5.32 Å². The number of carbonyl (C=O) groups excluding carboxylic acids is 1. The lowest BCUT2D eigenvalue weighted by molar-refractivity contribution is 0.102. The Morgan fingerprint density at radius 3 is 2.33 bits per heavy atom. The van der Waals surface area contributed by atoms with E-state index in [1.165, 1.54) is 12.1 Å². The molecule has 1 amide bonds. The summed E-state index contributed by atoms with van der Waals surface area (Å²) < 4.78 is 1.54. The molecular formula is C11H6Br2ClN3O. The first-order valence-electron chi connectivity index (χ1n) is 4.82. The highest BCUT2D eigenvalue weighted by molar-refractivity contribution is 9.11. The summed E-state index contributed by atoms with van der Waals surface area (Å²) in [6.07, 6.45) is 0. The van der Waals surface area contributed by atoms with Crippen LogP contribution in [0.5, 0.6) is 0 Å². The van der Waals surface area contributed by atoms with Crippen molar-refractivity contribution in [1.29, 1.82) is 0 Å². The van der Waals surface area contributed by atoms with Crippen LogP contribution in [-0.4, -0.2) is 16.1 Å². The number of hydrogen-bond acceptors (Lipinski definition) is 3. The van der Waals surface area contributed by atoms with Crippen LogP contribution in [-0.2, 0) is 0 Å². The highest BCUT2D eigenvalue weighted by Gasteiger charge is 2.12. The third kappa shape index (κ3) is 3.07. The van der Waals surface area contributed by atoms with E-state index in [4.69, 9.17) is 11.6 Å². The third-order valence-corrected chi connectivity index (χ3v) is 3.59. The number of carbonyl (C=O) groups is 1. The number of benzene rings is 1. The number of hydrogen-bond donors (Lipinski definition) is 1. The molecule has 0 saturated heterocycles. The molecule has 0 aliphatic carbocycles. The van der Waals surface area contributed by atoms with Gasteiger partial charge in [-0.25, -0.2) is 0 Å². The lowest BCUT2D eigenvalue weighted by Crippen LogP contribution is -2.14. The van der Waals surface area contributed by atoms with Crippen molar-refractivity contribution in [2.45, 2.75) is 0 Å². The van der Waals surface area contributed by atoms with Crippen LogP contribution in [0.15, 0.2) is 39.3 Å². The molecule has 0 atom stereocenters. The van der Waals surface area contributed by atoms with Gasteiger partial charge in [0.2, 0.25) is 0 Å². The predicted molar refractivity (Wildman–Crippen MR) is 76.8 cm³/mol. The van der Waals surface area contributed by atoms with Gasteiger partial charge in [0.05, 0.1) is 5.69 Å². The van der Waals surface area contributed by atoms with Gasteiger partial charge in [0.25, 0.3) is 5.91 Å². The van der Waals surface area contributed by atoms with Crippen molar-refractivity contribution in [3.63, 3.8) is 0 Å². The minimum Gasteiger partial charge on any atom is -0.319 e. The van der Waals surface area contributed by atoms with Gasteiger partial charge < -0.3 is 5.32 Å². The first-order valence-corrected chi connectivity index (χ1v) is 6.79. The summed E-state index contributed by atoms with van der Waals surface area (Å²) >= 11 is 12.3. The van der Waals surface area contributed by atoms with Gasteiger partial charge in [0.1, 0.15) is 0 Å². The van der Waals surface area contributed by atoms with Crippen LogP contribution in [0, 0.1) is 0 Å². The van der Waals surface area contributed by atoms with Gasteiger partial charge in [-0.3, -0.25) is 4.79 Å². The topological polar surface area (TPSA) is 54.9 Å². The van der Waals surface area contributed by atoms with Crippen LogP contribution in [0.3, 0.4) is 0 Å². The zero-order valence-electron chi connectivity index (χ0n) is 8.82. The first-order chi connectivity index (χ1) is 8.58. The Balaban J connectivity index is 2.24. The van der Waals surface area contributed by atoms with Crippen molar-refractivity contribution in [2.75, 3.05) is 5.32 Å². The van der Waals surface area contributed by atoms with Gasteiger partial charge in [-0.1, -0.05) is 17.7 Å². The van der Waals surface area contributed by atoms with Gasteiger partial charge in [0, 0.05) is 8.95 Å². The van der Waals surface area contributed by atoms with Crippen LogP contribution in [0.2, 0.25) is 5.15 Å². The Bertz CT molecular complexity index is 569. The highest BCUT2D eigenvalue weighted by atomic mass is 79.9. The summed E-state index contributed by atoms with van der Waals surface area (Å²) in [7, 11) is 0. The number of amides is 1. The number of nitrogens with one attached hydrogen (secondary N) is 1. The molecule has 4 nitrogen and oxygen atoms in total. The van der Waals surface area contributed by atoms with Gasteiger partial charge in [0.15, 0.2) is 10.8 Å². The third-order valence-electron chi connectivity index (χ3n) is 2.07. The van der Waals surface area contributed by atoms with E-state index in [0.29, 0.717) is 5.69 Å². The summed E-state index contributed by atoms with van der Waals surface area (Å²) in [6, 6.07) is 8.53. The fourth-order valence-corrected chi connectivity index (χ4v) is 2.53. The Labute approximate surface area is 125 Å². The second kappa shape index (κ2) is 5.77. The number of aromatic nitrogens is 2. The zero-order chi connectivity index (χ0) is 13.1. The molecular weight excluding hydrogens is 385 g/mol. The lowest BCUT2D eigenvalue weighted by atomic mass is 10.3. The minimum atomic E-state index is -0.355. The maximum atomic E-state index is 11.9. The van der Waals surface area contributed by atoms with Crippen molar-refractivity contribution in [1.82, 2.24) is 10.2 Å². The van der Waals surface area contributed by atoms with E-state index >= 15 is 0 Å². The summed E-state index contributed by atoms with van der Waals surface area (Å²) in [5, 5.41) is 10.3. The van der Waals surface area contributed by atoms with Crippen molar-refractivity contribution in [2.24, 2.45) is 0 Å². The number of nitrogens with zero attached hydrogens (tertiary/aromatic N) is 2. The van der Waals surface area contributed by atoms with Crippen LogP contribution in [0.25, 0.3) is 0 Å². The van der Waals surface area contributed by atoms with Crippen molar-refractivity contribution in [3.8, 4) is 0 Å². The normalized spacial score (nSPS) is 10.2. The van der Waals surface area contributed by atoms with Crippen molar-refractivity contribution >= 4 is 55.1 Å². The second-order valence-electron chi connectivity index (χ2n) is 3.29. The van der Waals surface area contributed by atoms with Gasteiger partial charge in [-0.15, -0.1) is 10.2 Å². The molecule has 0 aliphatic rings. The van der Waals surface area contributed by atoms with Crippen LogP contribution in [0.4, 0.5) is 5.69 Å². The number of halogens is 3. The molecule has 2 aromatic rings. The van der Waals surface area contributed by atoms with E-state index in [0.717, 1.165) is 8.95 Å². The smallest absolute Gasteiger partial charge is 0.276 e. The Hall–Kier alpha value is -0.980. The standard InChI is InChI=1S/C11H6Br2ClN3O/c12-6-2-1-3-7(13)10(6)15-11(18)8-4-5-9(14)17-16-8/h1-5H,(H,15,18). The SMILES string of the molecule is O=C(Nc1c(Br)cccc1Br)c1ccc(Cl)nn1. The number of rotatable bonds is 2. The Morgan fingerprint density at radius 2 is 1.78 bits per heavy atom. The van der Waals surface area contributed by atoms with E-state index in [-0.39, 0.29) is 16.8 Å². The Morgan fingerprint density at radius 1 is 1.11 bits per heavy atom. The quantitative estimate of drug-likeness (QED) is 0.845. The molecule has 1 aromatic heterocycles. The highest BCUT2D eigenvalue weighted by Crippen LogP contribution is 2.30. The summed E-state index contributed by atoms with van der Waals surface area (Å²) in [5.74, 6) is -0.355. The summed E-state index contributed by atoms with van der Waals surface area (Å²) in [4.78, 5) is 11.9. The molecule has 0 radical (unpaired) electrons. The fourth-order valence-electron chi connectivity index (χ4n) is 1.23. The Kier molecular flexibility index (Phi) is 4.31. The minimum absolute atomic E-state index is 0.196. The van der Waals surface area contributed by atoms with E-state index < -0.39 is 0 Å². The van der Waals surface area contributed by atoms with E-state index in [9.17, 15) is 4.79 Å². The van der Waals surface area contributed by atoms with Crippen LogP contribution in [0.1, 0.15) is 10.5 Å². The van der Waals surface area contributed by atoms with E-state index in [1.807, 2.05) is 18.2 Å². The number of anilines is 1. The molecule has 1 aromatic carbocycles. The van der Waals surface area contributed by atoms with E-state index in [1.54, 1.807) is 0 Å². The average molecular weight is 391 g/mol. The molecule has 0 bridgehead atoms.